The second kappa shape index (κ2) is 5.07. The van der Waals surface area contributed by atoms with Crippen LogP contribution in [0.4, 0.5) is 14.5 Å². The maximum Gasteiger partial charge on any atom is 0.246 e. The van der Waals surface area contributed by atoms with Crippen molar-refractivity contribution in [3.05, 3.63) is 29.8 Å². The molecule has 0 spiro atoms. The van der Waals surface area contributed by atoms with E-state index in [1.807, 2.05) is 25.1 Å². The van der Waals surface area contributed by atoms with E-state index in [4.69, 9.17) is 5.73 Å². The predicted octanol–water partition coefficient (Wildman–Crippen LogP) is 2.06. The minimum Gasteiger partial charge on any atom is -0.378 e. The largest absolute Gasteiger partial charge is 0.378 e. The molecule has 0 bridgehead atoms. The Bertz CT molecular complexity index is 313. The summed E-state index contributed by atoms with van der Waals surface area (Å²) in [6.45, 7) is -0.0332. The normalized spacial score (nSPS) is 12.9. The Morgan fingerprint density at radius 2 is 2.00 bits per heavy atom. The lowest BCUT2D eigenvalue weighted by molar-refractivity contribution is 0.117. The van der Waals surface area contributed by atoms with Crippen molar-refractivity contribution >= 4 is 5.69 Å². The number of benzene rings is 1. The van der Waals surface area contributed by atoms with Crippen molar-refractivity contribution in [2.75, 3.05) is 25.5 Å². The van der Waals surface area contributed by atoms with Crippen LogP contribution in [0.5, 0.6) is 0 Å². The number of hydrogen-bond acceptors (Lipinski definition) is 2. The van der Waals surface area contributed by atoms with Gasteiger partial charge in [-0.05, 0) is 17.7 Å². The third-order valence-electron chi connectivity index (χ3n) is 2.37. The molecule has 0 aliphatic heterocycles. The monoisotopic (exact) mass is 214 g/mol. The van der Waals surface area contributed by atoms with Crippen molar-refractivity contribution in [2.45, 2.75) is 12.3 Å². The summed E-state index contributed by atoms with van der Waals surface area (Å²) in [7, 11) is 3.75. The maximum absolute atomic E-state index is 12.6. The molecule has 0 aliphatic carbocycles. The first-order valence-electron chi connectivity index (χ1n) is 4.81. The molecular weight excluding hydrogens is 198 g/mol. The van der Waals surface area contributed by atoms with Gasteiger partial charge in [-0.3, -0.25) is 0 Å². The molecule has 84 valence electrons. The summed E-state index contributed by atoms with van der Waals surface area (Å²) in [5, 5.41) is 0. The van der Waals surface area contributed by atoms with Crippen molar-refractivity contribution in [1.82, 2.24) is 0 Å². The van der Waals surface area contributed by atoms with Crippen molar-refractivity contribution in [3.8, 4) is 0 Å². The standard InChI is InChI=1S/C11H16F2N2/c1-15(2)9-5-3-4-8(6-9)10(7-14)11(12)13/h3-6,10-11H,7,14H2,1-2H3. The molecule has 1 aromatic carbocycles. The SMILES string of the molecule is CN(C)c1cccc(C(CN)C(F)F)c1. The van der Waals surface area contributed by atoms with E-state index in [0.717, 1.165) is 5.69 Å². The lowest BCUT2D eigenvalue weighted by Crippen LogP contribution is -2.20. The fraction of sp³-hybridized carbons (Fsp3) is 0.455. The first-order valence-corrected chi connectivity index (χ1v) is 4.81. The van der Waals surface area contributed by atoms with Crippen LogP contribution in [0.3, 0.4) is 0 Å². The Labute approximate surface area is 88.7 Å². The van der Waals surface area contributed by atoms with E-state index >= 15 is 0 Å². The zero-order chi connectivity index (χ0) is 11.4. The van der Waals surface area contributed by atoms with Crippen LogP contribution >= 0.6 is 0 Å². The molecule has 15 heavy (non-hydrogen) atoms. The molecule has 0 amide bonds. The van der Waals surface area contributed by atoms with E-state index in [9.17, 15) is 8.78 Å². The van der Waals surface area contributed by atoms with Crippen LogP contribution in [-0.4, -0.2) is 27.1 Å². The van der Waals surface area contributed by atoms with Crippen LogP contribution in [0.1, 0.15) is 11.5 Å². The lowest BCUT2D eigenvalue weighted by atomic mass is 9.99. The van der Waals surface area contributed by atoms with Gasteiger partial charge in [0, 0.05) is 26.3 Å². The zero-order valence-corrected chi connectivity index (χ0v) is 8.95. The van der Waals surface area contributed by atoms with E-state index in [1.54, 1.807) is 18.2 Å². The highest BCUT2D eigenvalue weighted by Crippen LogP contribution is 2.25. The molecule has 1 rings (SSSR count). The average Bonchev–Trinajstić information content (AvgIpc) is 2.18. The van der Waals surface area contributed by atoms with Gasteiger partial charge in [0.2, 0.25) is 6.43 Å². The number of nitrogens with zero attached hydrogens (tertiary/aromatic N) is 1. The maximum atomic E-state index is 12.6. The molecule has 0 heterocycles. The Kier molecular flexibility index (Phi) is 4.03. The first kappa shape index (κ1) is 11.9. The van der Waals surface area contributed by atoms with Crippen molar-refractivity contribution in [1.29, 1.82) is 0 Å². The van der Waals surface area contributed by atoms with Crippen LogP contribution in [0.2, 0.25) is 0 Å². The first-order chi connectivity index (χ1) is 7.06. The van der Waals surface area contributed by atoms with Crippen LogP contribution < -0.4 is 10.6 Å². The van der Waals surface area contributed by atoms with Gasteiger partial charge in [-0.25, -0.2) is 8.78 Å². The quantitative estimate of drug-likeness (QED) is 0.831. The fourth-order valence-corrected chi connectivity index (χ4v) is 1.42. The summed E-state index contributed by atoms with van der Waals surface area (Å²) >= 11 is 0. The molecule has 0 saturated carbocycles. The predicted molar refractivity (Wildman–Crippen MR) is 58.6 cm³/mol. The summed E-state index contributed by atoms with van der Waals surface area (Å²) < 4.78 is 25.2. The molecular formula is C11H16F2N2. The van der Waals surface area contributed by atoms with Crippen LogP contribution in [-0.2, 0) is 0 Å². The fourth-order valence-electron chi connectivity index (χ4n) is 1.42. The van der Waals surface area contributed by atoms with Crippen molar-refractivity contribution in [2.24, 2.45) is 5.73 Å². The molecule has 0 radical (unpaired) electrons. The average molecular weight is 214 g/mol. The zero-order valence-electron chi connectivity index (χ0n) is 8.95. The molecule has 1 atom stereocenters. The summed E-state index contributed by atoms with van der Waals surface area (Å²) in [4.78, 5) is 1.88. The Balaban J connectivity index is 2.98. The van der Waals surface area contributed by atoms with Crippen molar-refractivity contribution < 1.29 is 8.78 Å². The summed E-state index contributed by atoms with van der Waals surface area (Å²) in [6, 6.07) is 7.10. The molecule has 2 N–H and O–H groups in total. The number of halogens is 2. The van der Waals surface area contributed by atoms with Gasteiger partial charge in [0.05, 0.1) is 5.92 Å². The number of alkyl halides is 2. The molecule has 0 aromatic heterocycles. The van der Waals surface area contributed by atoms with E-state index in [0.29, 0.717) is 5.56 Å². The van der Waals surface area contributed by atoms with Crippen LogP contribution in [0.15, 0.2) is 24.3 Å². The number of anilines is 1. The van der Waals surface area contributed by atoms with Gasteiger partial charge in [0.15, 0.2) is 0 Å². The second-order valence-corrected chi connectivity index (χ2v) is 3.67. The summed E-state index contributed by atoms with van der Waals surface area (Å²) in [6.07, 6.45) is -2.41. The molecule has 0 aliphatic rings. The van der Waals surface area contributed by atoms with Gasteiger partial charge >= 0.3 is 0 Å². The summed E-state index contributed by atoms with van der Waals surface area (Å²) in [5.41, 5.74) is 6.84. The smallest absolute Gasteiger partial charge is 0.246 e. The molecule has 4 heteroatoms. The molecule has 0 fully saturated rings. The third-order valence-corrected chi connectivity index (χ3v) is 2.37. The minimum absolute atomic E-state index is 0.0332. The number of nitrogens with two attached hydrogens (primary N) is 1. The topological polar surface area (TPSA) is 29.3 Å². The Morgan fingerprint density at radius 1 is 1.33 bits per heavy atom. The highest BCUT2D eigenvalue weighted by atomic mass is 19.3. The number of rotatable bonds is 4. The van der Waals surface area contributed by atoms with E-state index in [2.05, 4.69) is 0 Å². The van der Waals surface area contributed by atoms with Gasteiger partial charge < -0.3 is 10.6 Å². The minimum atomic E-state index is -2.41. The third kappa shape index (κ3) is 2.89. The molecule has 1 aromatic rings. The van der Waals surface area contributed by atoms with Crippen LogP contribution in [0.25, 0.3) is 0 Å². The van der Waals surface area contributed by atoms with Gasteiger partial charge in [-0.2, -0.15) is 0 Å². The van der Waals surface area contributed by atoms with Gasteiger partial charge in [0.1, 0.15) is 0 Å². The van der Waals surface area contributed by atoms with E-state index in [1.165, 1.54) is 0 Å². The van der Waals surface area contributed by atoms with Gasteiger partial charge in [-0.1, -0.05) is 12.1 Å². The molecule has 1 unspecified atom stereocenters. The number of hydrogen-bond donors (Lipinski definition) is 1. The summed E-state index contributed by atoms with van der Waals surface area (Å²) in [5.74, 6) is -0.870. The lowest BCUT2D eigenvalue weighted by Gasteiger charge is -2.18. The molecule has 2 nitrogen and oxygen atoms in total. The molecule has 0 saturated heterocycles. The van der Waals surface area contributed by atoms with Crippen molar-refractivity contribution in [3.63, 3.8) is 0 Å². The van der Waals surface area contributed by atoms with Gasteiger partial charge in [-0.15, -0.1) is 0 Å². The van der Waals surface area contributed by atoms with Gasteiger partial charge in [0.25, 0.3) is 0 Å². The van der Waals surface area contributed by atoms with Crippen LogP contribution in [0, 0.1) is 0 Å². The second-order valence-electron chi connectivity index (χ2n) is 3.67. The Morgan fingerprint density at radius 3 is 2.47 bits per heavy atom. The Hall–Kier alpha value is -1.16. The van der Waals surface area contributed by atoms with E-state index < -0.39 is 12.3 Å². The van der Waals surface area contributed by atoms with E-state index in [-0.39, 0.29) is 6.54 Å². The highest BCUT2D eigenvalue weighted by molar-refractivity contribution is 5.48. The highest BCUT2D eigenvalue weighted by Gasteiger charge is 2.20.